The monoisotopic (exact) mass is 450 g/mol. The zero-order valence-electron chi connectivity index (χ0n) is 14.9. The van der Waals surface area contributed by atoms with Gasteiger partial charge in [0.25, 0.3) is 12.3 Å². The van der Waals surface area contributed by atoms with E-state index in [2.05, 4.69) is 15.4 Å². The van der Waals surface area contributed by atoms with Gasteiger partial charge in [-0.3, -0.25) is 4.79 Å². The van der Waals surface area contributed by atoms with E-state index in [0.717, 1.165) is 16.8 Å². The fourth-order valence-electron chi connectivity index (χ4n) is 2.84. The van der Waals surface area contributed by atoms with Gasteiger partial charge in [-0.2, -0.15) is 5.10 Å². The first kappa shape index (κ1) is 20.2. The molecule has 2 aromatic carbocycles. The van der Waals surface area contributed by atoms with Crippen LogP contribution in [0.15, 0.2) is 54.7 Å². The molecule has 0 bridgehead atoms. The zero-order chi connectivity index (χ0) is 21.4. The van der Waals surface area contributed by atoms with Crippen LogP contribution in [0, 0.1) is 5.82 Å². The Morgan fingerprint density at radius 2 is 1.77 bits per heavy atom. The Kier molecular flexibility index (Phi) is 5.36. The van der Waals surface area contributed by atoms with Gasteiger partial charge in [0.2, 0.25) is 0 Å². The van der Waals surface area contributed by atoms with Crippen molar-refractivity contribution < 1.29 is 18.0 Å². The van der Waals surface area contributed by atoms with Gasteiger partial charge >= 0.3 is 0 Å². The second-order valence-corrected chi connectivity index (χ2v) is 7.06. The highest BCUT2D eigenvalue weighted by Gasteiger charge is 2.22. The summed E-state index contributed by atoms with van der Waals surface area (Å²) in [5, 5.41) is 7.06. The van der Waals surface area contributed by atoms with Crippen molar-refractivity contribution in [1.82, 2.24) is 14.6 Å². The number of alkyl halides is 2. The van der Waals surface area contributed by atoms with Gasteiger partial charge in [0.1, 0.15) is 17.1 Å². The second kappa shape index (κ2) is 7.97. The van der Waals surface area contributed by atoms with Crippen LogP contribution in [-0.2, 0) is 0 Å². The van der Waals surface area contributed by atoms with Gasteiger partial charge in [0.05, 0.1) is 21.9 Å². The third-order valence-corrected chi connectivity index (χ3v) is 5.02. The predicted molar refractivity (Wildman–Crippen MR) is 108 cm³/mol. The van der Waals surface area contributed by atoms with Gasteiger partial charge in [-0.05, 0) is 48.5 Å². The number of carbonyl (C=O) groups is 1. The van der Waals surface area contributed by atoms with Gasteiger partial charge in [0.15, 0.2) is 5.65 Å². The summed E-state index contributed by atoms with van der Waals surface area (Å²) in [6.07, 6.45) is -1.73. The molecule has 0 spiro atoms. The number of nitrogens with one attached hydrogen (secondary N) is 1. The average Bonchev–Trinajstić information content (AvgIpc) is 3.14. The Bertz CT molecular complexity index is 1260. The number of hydrogen-bond acceptors (Lipinski definition) is 3. The van der Waals surface area contributed by atoms with E-state index in [1.54, 1.807) is 6.07 Å². The number of halogens is 5. The van der Waals surface area contributed by atoms with Crippen molar-refractivity contribution in [1.29, 1.82) is 0 Å². The van der Waals surface area contributed by atoms with E-state index in [-0.39, 0.29) is 21.9 Å². The van der Waals surface area contributed by atoms with E-state index >= 15 is 0 Å². The summed E-state index contributed by atoms with van der Waals surface area (Å²) < 4.78 is 41.4. The van der Waals surface area contributed by atoms with Gasteiger partial charge in [0, 0.05) is 11.3 Å². The Morgan fingerprint density at radius 3 is 2.43 bits per heavy atom. The molecule has 1 amide bonds. The van der Waals surface area contributed by atoms with Crippen molar-refractivity contribution in [3.8, 4) is 11.3 Å². The highest BCUT2D eigenvalue weighted by molar-refractivity contribution is 6.42. The van der Waals surface area contributed by atoms with E-state index in [1.165, 1.54) is 36.4 Å². The number of rotatable bonds is 4. The molecule has 0 aliphatic heterocycles. The number of carbonyl (C=O) groups excluding carboxylic acids is 1. The maximum Gasteiger partial charge on any atom is 0.280 e. The molecule has 0 aliphatic carbocycles. The van der Waals surface area contributed by atoms with E-state index in [9.17, 15) is 18.0 Å². The molecular weight excluding hydrogens is 440 g/mol. The molecule has 0 radical (unpaired) electrons. The lowest BCUT2D eigenvalue weighted by Crippen LogP contribution is -2.12. The minimum atomic E-state index is -2.87. The topological polar surface area (TPSA) is 59.3 Å². The van der Waals surface area contributed by atoms with Crippen LogP contribution in [0.1, 0.15) is 22.5 Å². The minimum Gasteiger partial charge on any atom is -0.322 e. The molecule has 2 aromatic heterocycles. The quantitative estimate of drug-likeness (QED) is 0.412. The van der Waals surface area contributed by atoms with Crippen LogP contribution in [-0.4, -0.2) is 20.5 Å². The zero-order valence-corrected chi connectivity index (χ0v) is 16.4. The van der Waals surface area contributed by atoms with Crippen LogP contribution >= 0.6 is 23.2 Å². The molecule has 30 heavy (non-hydrogen) atoms. The molecule has 0 atom stereocenters. The number of amides is 1. The van der Waals surface area contributed by atoms with Crippen molar-refractivity contribution in [3.05, 3.63) is 81.8 Å². The fraction of sp³-hybridized carbons (Fsp3) is 0.0500. The summed E-state index contributed by atoms with van der Waals surface area (Å²) in [7, 11) is 0. The second-order valence-electron chi connectivity index (χ2n) is 6.25. The van der Waals surface area contributed by atoms with Gasteiger partial charge in [-0.1, -0.05) is 23.2 Å². The molecular formula is C20H11Cl2F3N4O. The summed E-state index contributed by atoms with van der Waals surface area (Å²) in [5.74, 6) is -1.09. The van der Waals surface area contributed by atoms with Crippen LogP contribution in [0.3, 0.4) is 0 Å². The third kappa shape index (κ3) is 3.83. The summed E-state index contributed by atoms with van der Waals surface area (Å²) in [4.78, 5) is 17.1. The van der Waals surface area contributed by atoms with Crippen LogP contribution in [0.5, 0.6) is 0 Å². The fourth-order valence-corrected chi connectivity index (χ4v) is 3.14. The van der Waals surface area contributed by atoms with Gasteiger partial charge < -0.3 is 5.32 Å². The first-order valence-corrected chi connectivity index (χ1v) is 9.28. The molecule has 0 unspecified atom stereocenters. The highest BCUT2D eigenvalue weighted by atomic mass is 35.5. The molecule has 1 N–H and O–H groups in total. The van der Waals surface area contributed by atoms with Crippen molar-refractivity contribution >= 4 is 40.4 Å². The van der Waals surface area contributed by atoms with Gasteiger partial charge in [-0.15, -0.1) is 0 Å². The summed E-state index contributed by atoms with van der Waals surface area (Å²) in [6.45, 7) is 0. The number of hydrogen-bond donors (Lipinski definition) is 1. The molecule has 0 saturated heterocycles. The molecule has 0 saturated carbocycles. The lowest BCUT2D eigenvalue weighted by Gasteiger charge is -2.09. The average molecular weight is 451 g/mol. The Balaban J connectivity index is 1.79. The maximum atomic E-state index is 13.6. The molecule has 0 aliphatic rings. The Labute approximate surface area is 178 Å². The van der Waals surface area contributed by atoms with E-state index in [0.29, 0.717) is 16.3 Å². The highest BCUT2D eigenvalue weighted by Crippen LogP contribution is 2.28. The number of nitrogens with zero attached hydrogens (tertiary/aromatic N) is 3. The number of fused-ring (bicyclic) bond motifs is 1. The summed E-state index contributed by atoms with van der Waals surface area (Å²) in [5.41, 5.74) is 0.391. The van der Waals surface area contributed by atoms with Crippen LogP contribution in [0.4, 0.5) is 18.9 Å². The van der Waals surface area contributed by atoms with Crippen LogP contribution < -0.4 is 5.32 Å². The van der Waals surface area contributed by atoms with Gasteiger partial charge in [-0.25, -0.2) is 22.7 Å². The number of benzene rings is 2. The predicted octanol–water partition coefficient (Wildman–Crippen LogP) is 6.03. The Hall–Kier alpha value is -3.10. The molecule has 2 heterocycles. The lowest BCUT2D eigenvalue weighted by atomic mass is 10.1. The maximum absolute atomic E-state index is 13.6. The number of aromatic nitrogens is 3. The van der Waals surface area contributed by atoms with E-state index < -0.39 is 23.8 Å². The first-order chi connectivity index (χ1) is 14.3. The van der Waals surface area contributed by atoms with Crippen molar-refractivity contribution in [2.24, 2.45) is 0 Å². The number of anilines is 1. The smallest absolute Gasteiger partial charge is 0.280 e. The molecule has 4 aromatic rings. The minimum absolute atomic E-state index is 0.0214. The normalized spacial score (nSPS) is 11.3. The summed E-state index contributed by atoms with van der Waals surface area (Å²) >= 11 is 11.8. The largest absolute Gasteiger partial charge is 0.322 e. The lowest BCUT2D eigenvalue weighted by molar-refractivity contribution is 0.102. The Morgan fingerprint density at radius 1 is 1.03 bits per heavy atom. The SMILES string of the molecule is O=C(Nc1ccc(Cl)c(Cl)c1)c1cnn2c(C(F)F)cc(-c3ccc(F)cc3)nc12. The molecule has 0 fully saturated rings. The molecule has 152 valence electrons. The first-order valence-electron chi connectivity index (χ1n) is 8.52. The van der Waals surface area contributed by atoms with Crippen LogP contribution in [0.2, 0.25) is 10.0 Å². The standard InChI is InChI=1S/C20H11Cl2F3N4O/c21-14-6-5-12(7-15(14)22)27-20(30)13-9-26-29-17(18(24)25)8-16(28-19(13)29)10-1-3-11(23)4-2-10/h1-9,18H,(H,27,30). The van der Waals surface area contributed by atoms with Crippen molar-refractivity contribution in [3.63, 3.8) is 0 Å². The van der Waals surface area contributed by atoms with Crippen molar-refractivity contribution in [2.75, 3.05) is 5.32 Å². The van der Waals surface area contributed by atoms with E-state index in [1.807, 2.05) is 0 Å². The van der Waals surface area contributed by atoms with Crippen LogP contribution in [0.25, 0.3) is 16.9 Å². The molecule has 5 nitrogen and oxygen atoms in total. The van der Waals surface area contributed by atoms with Crippen molar-refractivity contribution in [2.45, 2.75) is 6.43 Å². The van der Waals surface area contributed by atoms with E-state index in [4.69, 9.17) is 23.2 Å². The third-order valence-electron chi connectivity index (χ3n) is 4.29. The molecule has 10 heteroatoms. The summed E-state index contributed by atoms with van der Waals surface area (Å²) in [6, 6.07) is 10.9. The molecule has 4 rings (SSSR count).